The molecule has 1 aliphatic rings. The number of ether oxygens (including phenoxy) is 2. The molecule has 2 N–H and O–H groups in total. The molecule has 1 aromatic rings. The lowest BCUT2D eigenvalue weighted by Crippen LogP contribution is -2.51. The third-order valence-corrected chi connectivity index (χ3v) is 2.96. The minimum atomic E-state index is -0.555. The van der Waals surface area contributed by atoms with Gasteiger partial charge in [0, 0.05) is 12.7 Å². The number of nitrogens with zero attached hydrogens (tertiary/aromatic N) is 3. The minimum Gasteiger partial charge on any atom is -0.467 e. The number of nitrogens with two attached hydrogens (primary N) is 1. The van der Waals surface area contributed by atoms with Gasteiger partial charge in [-0.15, -0.1) is 0 Å². The second-order valence-corrected chi connectivity index (χ2v) is 4.35. The molecule has 2 heterocycles. The molecule has 1 unspecified atom stereocenters. The summed E-state index contributed by atoms with van der Waals surface area (Å²) in [6, 6.07) is 1.07. The lowest BCUT2D eigenvalue weighted by molar-refractivity contribution is -0.144. The van der Waals surface area contributed by atoms with Crippen LogP contribution in [0.1, 0.15) is 5.69 Å². The number of anilines is 1. The number of aromatic nitrogens is 2. The summed E-state index contributed by atoms with van der Waals surface area (Å²) in [4.78, 5) is 22.0. The average molecular weight is 282 g/mol. The first kappa shape index (κ1) is 13.6. The number of carbonyl (C=O) groups excluding carboxylic acids is 1. The molecule has 0 aromatic carbocycles. The van der Waals surface area contributed by atoms with Crippen molar-refractivity contribution in [2.45, 2.75) is 6.04 Å². The molecule has 7 nitrogen and oxygen atoms in total. The number of thiocarbonyl (C=S) groups is 1. The van der Waals surface area contributed by atoms with Gasteiger partial charge < -0.3 is 20.1 Å². The van der Waals surface area contributed by atoms with Gasteiger partial charge in [-0.3, -0.25) is 0 Å². The molecule has 1 atom stereocenters. The van der Waals surface area contributed by atoms with Gasteiger partial charge in [-0.25, -0.2) is 14.8 Å². The van der Waals surface area contributed by atoms with Crippen molar-refractivity contribution in [1.29, 1.82) is 0 Å². The molecule has 0 amide bonds. The zero-order chi connectivity index (χ0) is 13.8. The van der Waals surface area contributed by atoms with Crippen molar-refractivity contribution in [1.82, 2.24) is 9.97 Å². The largest absolute Gasteiger partial charge is 0.467 e. The van der Waals surface area contributed by atoms with Crippen molar-refractivity contribution < 1.29 is 14.3 Å². The lowest BCUT2D eigenvalue weighted by Gasteiger charge is -2.33. The van der Waals surface area contributed by atoms with Crippen LogP contribution >= 0.6 is 12.2 Å². The van der Waals surface area contributed by atoms with Gasteiger partial charge in [0.1, 0.15) is 10.7 Å². The Labute approximate surface area is 115 Å². The average Bonchev–Trinajstić information content (AvgIpc) is 2.46. The highest BCUT2D eigenvalue weighted by Gasteiger charge is 2.32. The molecule has 1 aromatic heterocycles. The molecule has 0 bridgehead atoms. The second-order valence-electron chi connectivity index (χ2n) is 3.91. The number of hydrogen-bond donors (Lipinski definition) is 1. The van der Waals surface area contributed by atoms with Crippen molar-refractivity contribution in [2.24, 2.45) is 5.73 Å². The van der Waals surface area contributed by atoms with Gasteiger partial charge in [0.25, 0.3) is 0 Å². The third kappa shape index (κ3) is 2.96. The van der Waals surface area contributed by atoms with Gasteiger partial charge in [0.2, 0.25) is 5.95 Å². The van der Waals surface area contributed by atoms with Crippen LogP contribution in [0, 0.1) is 0 Å². The molecule has 1 aliphatic heterocycles. The van der Waals surface area contributed by atoms with E-state index < -0.39 is 6.04 Å². The third-order valence-electron chi connectivity index (χ3n) is 2.75. The Bertz CT molecular complexity index is 497. The van der Waals surface area contributed by atoms with Crippen LogP contribution in [0.15, 0.2) is 12.3 Å². The minimum absolute atomic E-state index is 0.187. The van der Waals surface area contributed by atoms with Crippen LogP contribution in [0.5, 0.6) is 0 Å². The summed E-state index contributed by atoms with van der Waals surface area (Å²) in [5.74, 6) is 0.00743. The van der Waals surface area contributed by atoms with Gasteiger partial charge in [-0.05, 0) is 6.07 Å². The first-order valence-electron chi connectivity index (χ1n) is 5.68. The van der Waals surface area contributed by atoms with Crippen molar-refractivity contribution >= 4 is 29.1 Å². The van der Waals surface area contributed by atoms with Gasteiger partial charge in [-0.2, -0.15) is 0 Å². The zero-order valence-corrected chi connectivity index (χ0v) is 11.2. The van der Waals surface area contributed by atoms with Gasteiger partial charge in [0.15, 0.2) is 6.04 Å². The Hall–Kier alpha value is -1.80. The number of esters is 1. The van der Waals surface area contributed by atoms with Gasteiger partial charge >= 0.3 is 5.97 Å². The molecule has 0 aliphatic carbocycles. The second kappa shape index (κ2) is 5.89. The molecule has 102 valence electrons. The fourth-order valence-electron chi connectivity index (χ4n) is 1.80. The number of morpholine rings is 1. The van der Waals surface area contributed by atoms with Crippen molar-refractivity contribution in [3.05, 3.63) is 18.0 Å². The molecule has 0 saturated carbocycles. The molecule has 1 saturated heterocycles. The fourth-order valence-corrected chi connectivity index (χ4v) is 1.91. The quantitative estimate of drug-likeness (QED) is 0.585. The Morgan fingerprint density at radius 3 is 3.16 bits per heavy atom. The Morgan fingerprint density at radius 1 is 1.68 bits per heavy atom. The molecule has 2 rings (SSSR count). The number of carbonyl (C=O) groups is 1. The van der Waals surface area contributed by atoms with Gasteiger partial charge in [-0.1, -0.05) is 12.2 Å². The van der Waals surface area contributed by atoms with E-state index in [1.807, 2.05) is 0 Å². The number of hydrogen-bond acceptors (Lipinski definition) is 7. The van der Waals surface area contributed by atoms with E-state index in [9.17, 15) is 4.79 Å². The van der Waals surface area contributed by atoms with Crippen LogP contribution < -0.4 is 10.6 Å². The first-order chi connectivity index (χ1) is 9.13. The van der Waals surface area contributed by atoms with Crippen LogP contribution in [-0.4, -0.2) is 53.8 Å². The summed E-state index contributed by atoms with van der Waals surface area (Å²) in [6.07, 6.45) is 1.56. The van der Waals surface area contributed by atoms with Crippen molar-refractivity contribution in [3.8, 4) is 0 Å². The van der Waals surface area contributed by atoms with E-state index in [0.29, 0.717) is 24.8 Å². The monoisotopic (exact) mass is 282 g/mol. The molecular weight excluding hydrogens is 268 g/mol. The maximum Gasteiger partial charge on any atom is 0.331 e. The van der Waals surface area contributed by atoms with Crippen LogP contribution in [0.4, 0.5) is 5.95 Å². The van der Waals surface area contributed by atoms with Crippen LogP contribution in [0.3, 0.4) is 0 Å². The fraction of sp³-hybridized carbons (Fsp3) is 0.455. The molecular formula is C11H14N4O3S. The summed E-state index contributed by atoms with van der Waals surface area (Å²) in [7, 11) is 1.33. The van der Waals surface area contributed by atoms with Crippen LogP contribution in [0.25, 0.3) is 0 Å². The normalized spacial score (nSPS) is 19.0. The summed E-state index contributed by atoms with van der Waals surface area (Å²) in [5, 5.41) is 0. The molecule has 0 spiro atoms. The summed E-state index contributed by atoms with van der Waals surface area (Å²) in [6.45, 7) is 1.24. The topological polar surface area (TPSA) is 90.6 Å². The van der Waals surface area contributed by atoms with Crippen molar-refractivity contribution in [2.75, 3.05) is 31.8 Å². The molecule has 19 heavy (non-hydrogen) atoms. The smallest absolute Gasteiger partial charge is 0.331 e. The summed E-state index contributed by atoms with van der Waals surface area (Å²) >= 11 is 4.88. The van der Waals surface area contributed by atoms with E-state index >= 15 is 0 Å². The predicted molar refractivity (Wildman–Crippen MR) is 71.9 cm³/mol. The van der Waals surface area contributed by atoms with E-state index in [1.165, 1.54) is 7.11 Å². The van der Waals surface area contributed by atoms with E-state index in [2.05, 4.69) is 9.97 Å². The Kier molecular flexibility index (Phi) is 4.23. The SMILES string of the molecule is COC(=O)C1COCCN1c1nccc(C(N)=S)n1. The highest BCUT2D eigenvalue weighted by molar-refractivity contribution is 7.80. The maximum atomic E-state index is 11.7. The molecule has 8 heteroatoms. The summed E-state index contributed by atoms with van der Waals surface area (Å²) in [5.41, 5.74) is 6.01. The zero-order valence-electron chi connectivity index (χ0n) is 10.4. The highest BCUT2D eigenvalue weighted by atomic mass is 32.1. The van der Waals surface area contributed by atoms with Crippen molar-refractivity contribution in [3.63, 3.8) is 0 Å². The number of rotatable bonds is 3. The highest BCUT2D eigenvalue weighted by Crippen LogP contribution is 2.16. The molecule has 1 fully saturated rings. The lowest BCUT2D eigenvalue weighted by atomic mass is 10.2. The van der Waals surface area contributed by atoms with E-state index in [0.717, 1.165) is 0 Å². The Morgan fingerprint density at radius 2 is 2.47 bits per heavy atom. The predicted octanol–water partition coefficient (Wildman–Crippen LogP) is -0.511. The van der Waals surface area contributed by atoms with Gasteiger partial charge in [0.05, 0.1) is 20.3 Å². The first-order valence-corrected chi connectivity index (χ1v) is 6.09. The summed E-state index contributed by atoms with van der Waals surface area (Å²) < 4.78 is 10.0. The van der Waals surface area contributed by atoms with Crippen LogP contribution in [-0.2, 0) is 14.3 Å². The van der Waals surface area contributed by atoms with E-state index in [4.69, 9.17) is 27.4 Å². The van der Waals surface area contributed by atoms with E-state index in [1.54, 1.807) is 17.2 Å². The van der Waals surface area contributed by atoms with Crippen LogP contribution in [0.2, 0.25) is 0 Å². The standard InChI is InChI=1S/C11H14N4O3S/c1-17-10(16)8-6-18-5-4-15(8)11-13-3-2-7(14-11)9(12)19/h2-3,8H,4-6H2,1H3,(H2,12,19). The maximum absolute atomic E-state index is 11.7. The van der Waals surface area contributed by atoms with E-state index in [-0.39, 0.29) is 17.6 Å². The number of methoxy groups -OCH3 is 1. The molecule has 0 radical (unpaired) electrons. The Balaban J connectivity index is 2.29.